The Morgan fingerprint density at radius 2 is 1.55 bits per heavy atom. The van der Waals surface area contributed by atoms with Crippen LogP contribution in [0.4, 0.5) is 0 Å². The predicted octanol–water partition coefficient (Wildman–Crippen LogP) is 2.96. The van der Waals surface area contributed by atoms with Gasteiger partial charge in [-0.15, -0.1) is 0 Å². The number of benzene rings is 1. The minimum atomic E-state index is -0.133. The van der Waals surface area contributed by atoms with Crippen LogP contribution in [0.2, 0.25) is 0 Å². The van der Waals surface area contributed by atoms with Crippen LogP contribution in [-0.4, -0.2) is 35.2 Å². The van der Waals surface area contributed by atoms with Gasteiger partial charge in [0.25, 0.3) is 0 Å². The highest BCUT2D eigenvalue weighted by atomic mass is 16.5. The largest absolute Gasteiger partial charge is 0.367 e. The fourth-order valence-corrected chi connectivity index (χ4v) is 3.32. The molecule has 1 aliphatic heterocycles. The summed E-state index contributed by atoms with van der Waals surface area (Å²) in [7, 11) is 0. The minimum absolute atomic E-state index is 0.0286. The lowest BCUT2D eigenvalue weighted by Gasteiger charge is -2.50. The second-order valence-corrected chi connectivity index (χ2v) is 7.20. The van der Waals surface area contributed by atoms with Gasteiger partial charge in [-0.2, -0.15) is 0 Å². The van der Waals surface area contributed by atoms with Crippen LogP contribution < -0.4 is 5.73 Å². The molecule has 1 aliphatic rings. The zero-order valence-electron chi connectivity index (χ0n) is 13.4. The molecule has 20 heavy (non-hydrogen) atoms. The Balaban J connectivity index is 2.14. The molecule has 0 radical (unpaired) electrons. The fourth-order valence-electron chi connectivity index (χ4n) is 3.32. The van der Waals surface area contributed by atoms with E-state index in [4.69, 9.17) is 10.5 Å². The minimum Gasteiger partial charge on any atom is -0.367 e. The first-order valence-corrected chi connectivity index (χ1v) is 7.45. The highest BCUT2D eigenvalue weighted by molar-refractivity contribution is 5.20. The van der Waals surface area contributed by atoms with Gasteiger partial charge in [-0.25, -0.2) is 0 Å². The number of hydrogen-bond donors (Lipinski definition) is 1. The molecule has 0 aromatic heterocycles. The van der Waals surface area contributed by atoms with Crippen molar-refractivity contribution in [1.82, 2.24) is 4.90 Å². The van der Waals surface area contributed by atoms with Crippen molar-refractivity contribution in [1.29, 1.82) is 0 Å². The molecule has 0 amide bonds. The molecule has 3 heteroatoms. The number of nitrogens with zero attached hydrogens (tertiary/aromatic N) is 1. The van der Waals surface area contributed by atoms with Crippen molar-refractivity contribution in [3.05, 3.63) is 35.9 Å². The van der Waals surface area contributed by atoms with E-state index < -0.39 is 0 Å². The molecule has 2 N–H and O–H groups in total. The van der Waals surface area contributed by atoms with Crippen molar-refractivity contribution >= 4 is 0 Å². The number of morpholine rings is 1. The van der Waals surface area contributed by atoms with E-state index in [1.165, 1.54) is 5.56 Å². The summed E-state index contributed by atoms with van der Waals surface area (Å²) in [6.07, 6.45) is 0. The average Bonchev–Trinajstić information content (AvgIpc) is 2.34. The molecule has 2 unspecified atom stereocenters. The summed E-state index contributed by atoms with van der Waals surface area (Å²) in [4.78, 5) is 2.46. The third-order valence-electron chi connectivity index (χ3n) is 4.00. The molecule has 3 nitrogen and oxygen atoms in total. The van der Waals surface area contributed by atoms with Crippen LogP contribution in [0.15, 0.2) is 30.3 Å². The van der Waals surface area contributed by atoms with Gasteiger partial charge in [0.1, 0.15) is 0 Å². The van der Waals surface area contributed by atoms with Crippen molar-refractivity contribution in [2.24, 2.45) is 5.73 Å². The lowest BCUT2D eigenvalue weighted by atomic mass is 9.93. The predicted molar refractivity (Wildman–Crippen MR) is 83.6 cm³/mol. The first-order chi connectivity index (χ1) is 9.20. The van der Waals surface area contributed by atoms with Gasteiger partial charge in [0.05, 0.1) is 11.2 Å². The van der Waals surface area contributed by atoms with Crippen LogP contribution in [0.1, 0.15) is 46.2 Å². The van der Waals surface area contributed by atoms with E-state index in [9.17, 15) is 0 Å². The van der Waals surface area contributed by atoms with Gasteiger partial charge in [-0.05, 0) is 40.2 Å². The van der Waals surface area contributed by atoms with E-state index in [2.05, 4.69) is 63.8 Å². The van der Waals surface area contributed by atoms with Crippen LogP contribution in [0, 0.1) is 0 Å². The Labute approximate surface area is 123 Å². The molecular weight excluding hydrogens is 248 g/mol. The van der Waals surface area contributed by atoms with Crippen LogP contribution in [0.25, 0.3) is 0 Å². The van der Waals surface area contributed by atoms with Gasteiger partial charge < -0.3 is 10.5 Å². The molecule has 112 valence electrons. The lowest BCUT2D eigenvalue weighted by molar-refractivity contribution is -0.187. The molecule has 1 fully saturated rings. The molecular formula is C17H28N2O. The van der Waals surface area contributed by atoms with E-state index in [1.807, 2.05) is 6.07 Å². The van der Waals surface area contributed by atoms with Crippen molar-refractivity contribution in [3.63, 3.8) is 0 Å². The monoisotopic (exact) mass is 276 g/mol. The lowest BCUT2D eigenvalue weighted by Crippen LogP contribution is -2.60. The van der Waals surface area contributed by atoms with Crippen LogP contribution >= 0.6 is 0 Å². The van der Waals surface area contributed by atoms with Gasteiger partial charge >= 0.3 is 0 Å². The van der Waals surface area contributed by atoms with Crippen molar-refractivity contribution in [2.75, 3.05) is 13.1 Å². The smallest absolute Gasteiger partial charge is 0.0760 e. The summed E-state index contributed by atoms with van der Waals surface area (Å²) in [6, 6.07) is 10.7. The maximum Gasteiger partial charge on any atom is 0.0760 e. The highest BCUT2D eigenvalue weighted by Crippen LogP contribution is 2.31. The second kappa shape index (κ2) is 5.47. The summed E-state index contributed by atoms with van der Waals surface area (Å²) in [5.74, 6) is 0. The normalized spacial score (nSPS) is 25.1. The Kier molecular flexibility index (Phi) is 4.24. The summed E-state index contributed by atoms with van der Waals surface area (Å²) in [5, 5.41) is 0. The van der Waals surface area contributed by atoms with Gasteiger partial charge in [-0.1, -0.05) is 30.3 Å². The van der Waals surface area contributed by atoms with Crippen LogP contribution in [0.3, 0.4) is 0 Å². The number of rotatable bonds is 3. The standard InChI is InChI=1S/C17H28N2O/c1-13(15(18)14-9-7-6-8-10-14)19-11-16(2,3)20-17(4,5)12-19/h6-10,13,15H,11-12,18H2,1-5H3. The first-order valence-electron chi connectivity index (χ1n) is 7.45. The van der Waals surface area contributed by atoms with E-state index in [1.54, 1.807) is 0 Å². The molecule has 2 atom stereocenters. The molecule has 1 saturated heterocycles. The third kappa shape index (κ3) is 3.60. The number of hydrogen-bond acceptors (Lipinski definition) is 3. The number of nitrogens with two attached hydrogens (primary N) is 1. The average molecular weight is 276 g/mol. The maximum atomic E-state index is 6.46. The third-order valence-corrected chi connectivity index (χ3v) is 4.00. The van der Waals surface area contributed by atoms with Gasteiger partial charge in [0.15, 0.2) is 0 Å². The maximum absolute atomic E-state index is 6.46. The molecule has 0 spiro atoms. The fraction of sp³-hybridized carbons (Fsp3) is 0.647. The van der Waals surface area contributed by atoms with E-state index in [-0.39, 0.29) is 17.2 Å². The van der Waals surface area contributed by atoms with Gasteiger partial charge in [-0.3, -0.25) is 4.90 Å². The Bertz CT molecular complexity index is 426. The molecule has 2 rings (SSSR count). The van der Waals surface area contributed by atoms with Crippen molar-refractivity contribution in [3.8, 4) is 0 Å². The molecule has 1 heterocycles. The Morgan fingerprint density at radius 3 is 2.05 bits per heavy atom. The quantitative estimate of drug-likeness (QED) is 0.922. The molecule has 0 aliphatic carbocycles. The molecule has 0 saturated carbocycles. The van der Waals surface area contributed by atoms with Crippen LogP contribution in [-0.2, 0) is 4.74 Å². The molecule has 1 aromatic carbocycles. The topological polar surface area (TPSA) is 38.5 Å². The zero-order chi connectivity index (χ0) is 15.0. The van der Waals surface area contributed by atoms with E-state index in [0.717, 1.165) is 13.1 Å². The summed E-state index contributed by atoms with van der Waals surface area (Å²) < 4.78 is 6.14. The van der Waals surface area contributed by atoms with Crippen molar-refractivity contribution < 1.29 is 4.74 Å². The highest BCUT2D eigenvalue weighted by Gasteiger charge is 2.40. The zero-order valence-corrected chi connectivity index (χ0v) is 13.4. The Hall–Kier alpha value is -0.900. The van der Waals surface area contributed by atoms with Gasteiger partial charge in [0, 0.05) is 25.2 Å². The second-order valence-electron chi connectivity index (χ2n) is 7.20. The molecule has 0 bridgehead atoms. The first kappa shape index (κ1) is 15.5. The van der Waals surface area contributed by atoms with Crippen molar-refractivity contribution in [2.45, 2.75) is 57.9 Å². The summed E-state index contributed by atoms with van der Waals surface area (Å²) >= 11 is 0. The summed E-state index contributed by atoms with van der Waals surface area (Å²) in [5.41, 5.74) is 7.40. The van der Waals surface area contributed by atoms with E-state index >= 15 is 0 Å². The summed E-state index contributed by atoms with van der Waals surface area (Å²) in [6.45, 7) is 12.7. The van der Waals surface area contributed by atoms with Gasteiger partial charge in [0.2, 0.25) is 0 Å². The van der Waals surface area contributed by atoms with Crippen LogP contribution in [0.5, 0.6) is 0 Å². The molecule has 1 aromatic rings. The Morgan fingerprint density at radius 1 is 1.05 bits per heavy atom. The number of ether oxygens (including phenoxy) is 1. The van der Waals surface area contributed by atoms with E-state index in [0.29, 0.717) is 6.04 Å². The SMILES string of the molecule is CC(C(N)c1ccccc1)N1CC(C)(C)OC(C)(C)C1.